The molecule has 2 aromatic heterocycles. The fourth-order valence-corrected chi connectivity index (χ4v) is 9.35. The third-order valence-corrected chi connectivity index (χ3v) is 12.1. The summed E-state index contributed by atoms with van der Waals surface area (Å²) >= 11 is 0. The highest BCUT2D eigenvalue weighted by Gasteiger charge is 2.23. The molecule has 0 aliphatic heterocycles. The third-order valence-electron chi connectivity index (χ3n) is 12.1. The van der Waals surface area contributed by atoms with Crippen molar-refractivity contribution in [2.24, 2.45) is 0 Å². The van der Waals surface area contributed by atoms with E-state index in [1.807, 2.05) is 94.7 Å². The van der Waals surface area contributed by atoms with E-state index in [1.165, 1.54) is 28.4 Å². The number of nitrogens with zero attached hydrogens (tertiary/aromatic N) is 3. The maximum absolute atomic E-state index is 15.6. The summed E-state index contributed by atoms with van der Waals surface area (Å²) in [6.45, 7) is 0. The molecule has 0 unspecified atom stereocenters. The Labute approximate surface area is 350 Å². The van der Waals surface area contributed by atoms with Gasteiger partial charge in [0, 0.05) is 44.3 Å². The Kier molecular flexibility index (Phi) is 7.91. The van der Waals surface area contributed by atoms with Gasteiger partial charge in [-0.3, -0.25) is 0 Å². The molecular weight excluding hydrogens is 753 g/mol. The molecule has 0 N–H and O–H groups in total. The van der Waals surface area contributed by atoms with Crippen LogP contribution in [-0.2, 0) is 0 Å². The molecule has 12 rings (SSSR count). The van der Waals surface area contributed by atoms with E-state index in [2.05, 4.69) is 108 Å². The van der Waals surface area contributed by atoms with Crippen molar-refractivity contribution >= 4 is 93.8 Å². The van der Waals surface area contributed by atoms with Crippen molar-refractivity contribution in [1.29, 1.82) is 0 Å². The highest BCUT2D eigenvalue weighted by Crippen LogP contribution is 2.46. The Hall–Kier alpha value is -8.02. The quantitative estimate of drug-likeness (QED) is 0.159. The second kappa shape index (κ2) is 13.8. The number of aromatic nitrogens is 1. The van der Waals surface area contributed by atoms with Gasteiger partial charge in [-0.05, 0) is 142 Å². The molecule has 61 heavy (non-hydrogen) atoms. The van der Waals surface area contributed by atoms with Gasteiger partial charge < -0.3 is 14.2 Å². The number of fused-ring (bicyclic) bond motifs is 8. The first-order valence-electron chi connectivity index (χ1n) is 20.5. The van der Waals surface area contributed by atoms with Crippen LogP contribution in [0.25, 0.3) is 70.8 Å². The van der Waals surface area contributed by atoms with Gasteiger partial charge in [0.2, 0.25) is 0 Å². The Balaban J connectivity index is 1.12. The van der Waals surface area contributed by atoms with Crippen LogP contribution in [0, 0.1) is 11.6 Å². The van der Waals surface area contributed by atoms with Crippen molar-refractivity contribution in [1.82, 2.24) is 4.40 Å². The molecule has 0 atom stereocenters. The van der Waals surface area contributed by atoms with Gasteiger partial charge in [-0.25, -0.2) is 8.78 Å². The van der Waals surface area contributed by atoms with Gasteiger partial charge in [0.15, 0.2) is 0 Å². The van der Waals surface area contributed by atoms with Crippen molar-refractivity contribution in [3.8, 4) is 11.1 Å². The van der Waals surface area contributed by atoms with Crippen molar-refractivity contribution in [3.05, 3.63) is 224 Å². The summed E-state index contributed by atoms with van der Waals surface area (Å²) < 4.78 is 33.5. The smallest absolute Gasteiger partial charge is 0.147 e. The standard InChI is InChI=1S/C56H35F2N3/c57-50-20-10-12-22-52(50)59(42-16-6-2-7-17-42)44-26-24-37-30-46-48-32-41(36-14-4-1-5-15-36)33-49-47-31-38-25-27-45(60(43-18-8-3-9-19-43)53-23-13-11-21-51(53)58)29-40(38)35-55(47)61(56(48)49)54(46)34-39(37)28-44/h1-35H. The summed E-state index contributed by atoms with van der Waals surface area (Å²) in [6.07, 6.45) is 0. The molecule has 288 valence electrons. The molecule has 3 nitrogen and oxygen atoms in total. The summed E-state index contributed by atoms with van der Waals surface area (Å²) in [5, 5.41) is 8.99. The van der Waals surface area contributed by atoms with Crippen molar-refractivity contribution in [2.75, 3.05) is 9.80 Å². The fraction of sp³-hybridized carbons (Fsp3) is 0. The SMILES string of the molecule is Fc1ccccc1N(c1ccccc1)c1ccc2cc3c4cc(-c5ccccc5)cc5c6cc7ccc(N(c8ccccc8)c8ccccc8F)cc7cc6n(c3cc2c1)c45. The van der Waals surface area contributed by atoms with E-state index in [-0.39, 0.29) is 11.6 Å². The molecule has 0 aliphatic carbocycles. The van der Waals surface area contributed by atoms with E-state index in [0.29, 0.717) is 11.4 Å². The molecule has 12 aromatic rings. The maximum Gasteiger partial charge on any atom is 0.147 e. The molecule has 0 saturated carbocycles. The molecule has 2 heterocycles. The van der Waals surface area contributed by atoms with Gasteiger partial charge in [0.1, 0.15) is 11.6 Å². The third kappa shape index (κ3) is 5.62. The average Bonchev–Trinajstić information content (AvgIpc) is 3.80. The highest BCUT2D eigenvalue weighted by atomic mass is 19.1. The van der Waals surface area contributed by atoms with Crippen molar-refractivity contribution in [3.63, 3.8) is 0 Å². The van der Waals surface area contributed by atoms with Crippen molar-refractivity contribution < 1.29 is 8.78 Å². The molecule has 0 amide bonds. The van der Waals surface area contributed by atoms with Crippen LogP contribution in [0.4, 0.5) is 42.9 Å². The summed E-state index contributed by atoms with van der Waals surface area (Å²) in [5.74, 6) is -0.579. The second-order valence-electron chi connectivity index (χ2n) is 15.7. The van der Waals surface area contributed by atoms with Crippen LogP contribution in [0.1, 0.15) is 0 Å². The molecule has 0 bridgehead atoms. The van der Waals surface area contributed by atoms with Crippen LogP contribution >= 0.6 is 0 Å². The fourth-order valence-electron chi connectivity index (χ4n) is 9.35. The Morgan fingerprint density at radius 1 is 0.311 bits per heavy atom. The first-order chi connectivity index (χ1) is 30.1. The average molecular weight is 788 g/mol. The van der Waals surface area contributed by atoms with Crippen LogP contribution in [0.5, 0.6) is 0 Å². The molecule has 10 aromatic carbocycles. The topological polar surface area (TPSA) is 10.9 Å². The molecule has 0 fully saturated rings. The van der Waals surface area contributed by atoms with Crippen LogP contribution in [-0.4, -0.2) is 4.40 Å². The molecule has 0 saturated heterocycles. The zero-order valence-corrected chi connectivity index (χ0v) is 32.8. The van der Waals surface area contributed by atoms with Crippen LogP contribution < -0.4 is 9.80 Å². The second-order valence-corrected chi connectivity index (χ2v) is 15.7. The van der Waals surface area contributed by atoms with E-state index in [9.17, 15) is 0 Å². The molecule has 0 spiro atoms. The first-order valence-corrected chi connectivity index (χ1v) is 20.5. The van der Waals surface area contributed by atoms with Crippen molar-refractivity contribution in [2.45, 2.75) is 0 Å². The summed E-state index contributed by atoms with van der Waals surface area (Å²) in [4.78, 5) is 3.96. The Morgan fingerprint density at radius 3 is 1.20 bits per heavy atom. The lowest BCUT2D eigenvalue weighted by Crippen LogP contribution is -2.11. The predicted octanol–water partition coefficient (Wildman–Crippen LogP) is 16.0. The predicted molar refractivity (Wildman–Crippen MR) is 251 cm³/mol. The Bertz CT molecular complexity index is 3400. The monoisotopic (exact) mass is 787 g/mol. The lowest BCUT2D eigenvalue weighted by molar-refractivity contribution is 0.628. The maximum atomic E-state index is 15.6. The highest BCUT2D eigenvalue weighted by molar-refractivity contribution is 6.27. The minimum absolute atomic E-state index is 0.289. The largest absolute Gasteiger partial charge is 0.308 e. The summed E-state index contributed by atoms with van der Waals surface area (Å²) in [5.41, 5.74) is 10.1. The van der Waals surface area contributed by atoms with Gasteiger partial charge in [0.25, 0.3) is 0 Å². The normalized spacial score (nSPS) is 11.8. The van der Waals surface area contributed by atoms with E-state index < -0.39 is 0 Å². The minimum Gasteiger partial charge on any atom is -0.308 e. The Morgan fingerprint density at radius 2 is 0.738 bits per heavy atom. The van der Waals surface area contributed by atoms with Gasteiger partial charge in [-0.15, -0.1) is 0 Å². The zero-order valence-electron chi connectivity index (χ0n) is 32.8. The van der Waals surface area contributed by atoms with E-state index in [4.69, 9.17) is 0 Å². The van der Waals surface area contributed by atoms with Crippen LogP contribution in [0.15, 0.2) is 212 Å². The summed E-state index contributed by atoms with van der Waals surface area (Å²) in [7, 11) is 0. The number of anilines is 6. The van der Waals surface area contributed by atoms with E-state index >= 15 is 8.78 Å². The number of hydrogen-bond acceptors (Lipinski definition) is 2. The number of rotatable bonds is 7. The van der Waals surface area contributed by atoms with Crippen LogP contribution in [0.2, 0.25) is 0 Å². The summed E-state index contributed by atoms with van der Waals surface area (Å²) in [6, 6.07) is 71.0. The number of halogens is 2. The molecule has 5 heteroatoms. The van der Waals surface area contributed by atoms with Gasteiger partial charge >= 0.3 is 0 Å². The minimum atomic E-state index is -0.289. The molecule has 0 radical (unpaired) electrons. The number of benzene rings is 10. The lowest BCUT2D eigenvalue weighted by Gasteiger charge is -2.26. The van der Waals surface area contributed by atoms with Gasteiger partial charge in [-0.2, -0.15) is 0 Å². The lowest BCUT2D eigenvalue weighted by atomic mass is 9.97. The van der Waals surface area contributed by atoms with E-state index in [0.717, 1.165) is 77.2 Å². The molecular formula is C56H35F2N3. The number of hydrogen-bond donors (Lipinski definition) is 0. The molecule has 0 aliphatic rings. The van der Waals surface area contributed by atoms with Gasteiger partial charge in [0.05, 0.1) is 27.9 Å². The first kappa shape index (κ1) is 35.0. The van der Waals surface area contributed by atoms with Gasteiger partial charge in [-0.1, -0.05) is 103 Å². The van der Waals surface area contributed by atoms with Crippen LogP contribution in [0.3, 0.4) is 0 Å². The van der Waals surface area contributed by atoms with E-state index in [1.54, 1.807) is 12.1 Å². The zero-order chi connectivity index (χ0) is 40.6. The number of para-hydroxylation sites is 4.